The SMILES string of the molecule is CCCCCCCCCCCCCCCCCCCCCCCCCCCCC(O)C(O)C(COC1OC(CO)C(O)C(O)C1O)NC(=O)C(O)CCCCCCCCCCCCCCCCCCCCCCCCCCC. The number of aliphatic hydroxyl groups excluding tert-OH is 7. The minimum atomic E-state index is -1.66. The zero-order chi connectivity index (χ0) is 56.8. The van der Waals surface area contributed by atoms with E-state index in [2.05, 4.69) is 19.2 Å². The molecule has 11 heteroatoms. The summed E-state index contributed by atoms with van der Waals surface area (Å²) in [7, 11) is 0. The Morgan fingerprint density at radius 3 is 0.949 bits per heavy atom. The highest BCUT2D eigenvalue weighted by molar-refractivity contribution is 5.80. The van der Waals surface area contributed by atoms with E-state index in [-0.39, 0.29) is 6.42 Å². The Morgan fingerprint density at radius 1 is 0.397 bits per heavy atom. The molecular formula is C67H133NO10. The summed E-state index contributed by atoms with van der Waals surface area (Å²) in [6.45, 7) is 3.53. The molecule has 1 aliphatic rings. The summed E-state index contributed by atoms with van der Waals surface area (Å²) in [6, 6.07) is -1.16. The van der Waals surface area contributed by atoms with Crippen molar-refractivity contribution in [3.05, 3.63) is 0 Å². The molecule has 1 saturated heterocycles. The fraction of sp³-hybridized carbons (Fsp3) is 0.985. The molecule has 0 aliphatic carbocycles. The molecule has 9 atom stereocenters. The number of nitrogens with one attached hydrogen (secondary N) is 1. The molecule has 0 saturated carbocycles. The van der Waals surface area contributed by atoms with Gasteiger partial charge in [-0.3, -0.25) is 4.79 Å². The van der Waals surface area contributed by atoms with Crippen molar-refractivity contribution in [3.8, 4) is 0 Å². The predicted octanol–water partition coefficient (Wildman–Crippen LogP) is 16.1. The summed E-state index contributed by atoms with van der Waals surface area (Å²) in [5, 5.41) is 76.5. The molecule has 0 aromatic rings. The molecule has 0 aromatic heterocycles. The Labute approximate surface area is 481 Å². The number of carbonyl (C=O) groups is 1. The number of carbonyl (C=O) groups excluding carboxylic acids is 1. The van der Waals surface area contributed by atoms with Crippen molar-refractivity contribution in [1.82, 2.24) is 5.32 Å². The molecule has 0 bridgehead atoms. The van der Waals surface area contributed by atoms with Crippen molar-refractivity contribution in [2.75, 3.05) is 13.2 Å². The van der Waals surface area contributed by atoms with E-state index < -0.39 is 74.2 Å². The van der Waals surface area contributed by atoms with Crippen LogP contribution in [0.25, 0.3) is 0 Å². The third kappa shape index (κ3) is 43.7. The molecule has 1 amide bonds. The van der Waals surface area contributed by atoms with Gasteiger partial charge in [0.25, 0.3) is 0 Å². The fourth-order valence-corrected chi connectivity index (χ4v) is 11.6. The molecule has 1 rings (SSSR count). The highest BCUT2D eigenvalue weighted by atomic mass is 16.7. The maximum Gasteiger partial charge on any atom is 0.249 e. The van der Waals surface area contributed by atoms with Gasteiger partial charge >= 0.3 is 0 Å². The monoisotopic (exact) mass is 1110 g/mol. The minimum Gasteiger partial charge on any atom is -0.394 e. The van der Waals surface area contributed by atoms with E-state index in [4.69, 9.17) is 9.47 Å². The zero-order valence-corrected chi connectivity index (χ0v) is 51.4. The average Bonchev–Trinajstić information content (AvgIpc) is 3.46. The topological polar surface area (TPSA) is 189 Å². The van der Waals surface area contributed by atoms with Crippen molar-refractivity contribution >= 4 is 5.91 Å². The highest BCUT2D eigenvalue weighted by Crippen LogP contribution is 2.24. The van der Waals surface area contributed by atoms with Gasteiger partial charge in [-0.25, -0.2) is 0 Å². The maximum atomic E-state index is 13.2. The van der Waals surface area contributed by atoms with Crippen molar-refractivity contribution in [3.63, 3.8) is 0 Å². The number of hydrogen-bond donors (Lipinski definition) is 8. The zero-order valence-electron chi connectivity index (χ0n) is 51.4. The second-order valence-corrected chi connectivity index (χ2v) is 24.6. The predicted molar refractivity (Wildman–Crippen MR) is 326 cm³/mol. The normalized spacial score (nSPS) is 19.3. The fourth-order valence-electron chi connectivity index (χ4n) is 11.6. The Bertz CT molecular complexity index is 1230. The van der Waals surface area contributed by atoms with Crippen LogP contribution in [0.5, 0.6) is 0 Å². The lowest BCUT2D eigenvalue weighted by Gasteiger charge is -2.40. The Hall–Kier alpha value is -0.890. The lowest BCUT2D eigenvalue weighted by molar-refractivity contribution is -0.303. The first-order chi connectivity index (χ1) is 38.2. The van der Waals surface area contributed by atoms with Crippen molar-refractivity contribution in [2.24, 2.45) is 0 Å². The van der Waals surface area contributed by atoms with Crippen molar-refractivity contribution in [2.45, 2.75) is 409 Å². The number of amides is 1. The van der Waals surface area contributed by atoms with Gasteiger partial charge in [0.05, 0.1) is 25.4 Å². The van der Waals surface area contributed by atoms with Gasteiger partial charge in [-0.05, 0) is 12.8 Å². The van der Waals surface area contributed by atoms with Crippen LogP contribution in [0.2, 0.25) is 0 Å². The number of rotatable bonds is 61. The van der Waals surface area contributed by atoms with Crippen LogP contribution >= 0.6 is 0 Å². The quantitative estimate of drug-likeness (QED) is 0.0272. The van der Waals surface area contributed by atoms with Crippen LogP contribution in [0.4, 0.5) is 0 Å². The van der Waals surface area contributed by atoms with E-state index in [0.29, 0.717) is 19.3 Å². The Morgan fingerprint density at radius 2 is 0.667 bits per heavy atom. The van der Waals surface area contributed by atoms with Crippen molar-refractivity contribution < 1.29 is 50.0 Å². The maximum absolute atomic E-state index is 13.2. The van der Waals surface area contributed by atoms with E-state index in [1.807, 2.05) is 0 Å². The first-order valence-electron chi connectivity index (χ1n) is 34.4. The standard InChI is InChI=1S/C67H133NO10/c1-3-5-7-9-11-13-15-17-19-21-23-25-27-29-31-32-34-36-38-40-42-44-46-48-50-52-54-59(70)62(72)58(57-77-67-65(75)64(74)63(73)61(56-69)78-67)68-66(76)60(71)55-53-51-49-47-45-43-41-39-37-35-33-30-28-26-24-22-20-18-16-14-12-10-8-6-4-2/h58-65,67,69-75H,3-57H2,1-2H3,(H,68,76). The van der Waals surface area contributed by atoms with Gasteiger partial charge < -0.3 is 50.5 Å². The van der Waals surface area contributed by atoms with E-state index in [0.717, 1.165) is 38.5 Å². The largest absolute Gasteiger partial charge is 0.394 e. The van der Waals surface area contributed by atoms with Gasteiger partial charge in [0, 0.05) is 0 Å². The Kier molecular flexibility index (Phi) is 54.5. The van der Waals surface area contributed by atoms with Crippen LogP contribution in [-0.2, 0) is 14.3 Å². The van der Waals surface area contributed by atoms with Crippen LogP contribution in [0.3, 0.4) is 0 Å². The third-order valence-electron chi connectivity index (χ3n) is 17.2. The number of ether oxygens (including phenoxy) is 2. The van der Waals surface area contributed by atoms with Gasteiger partial charge in [0.1, 0.15) is 36.6 Å². The lowest BCUT2D eigenvalue weighted by Crippen LogP contribution is -2.60. The number of unbranched alkanes of at least 4 members (excludes halogenated alkanes) is 49. The third-order valence-corrected chi connectivity index (χ3v) is 17.2. The summed E-state index contributed by atoms with van der Waals surface area (Å²) in [5.41, 5.74) is 0. The molecular weight excluding hydrogens is 979 g/mol. The summed E-state index contributed by atoms with van der Waals surface area (Å²) in [5.74, 6) is -0.687. The average molecular weight is 1110 g/mol. The van der Waals surface area contributed by atoms with Crippen LogP contribution in [-0.4, -0.2) is 110 Å². The van der Waals surface area contributed by atoms with Gasteiger partial charge in [0.2, 0.25) is 5.91 Å². The number of aliphatic hydroxyl groups is 7. The van der Waals surface area contributed by atoms with Gasteiger partial charge in [-0.15, -0.1) is 0 Å². The van der Waals surface area contributed by atoms with Gasteiger partial charge in [-0.2, -0.15) is 0 Å². The number of hydrogen-bond acceptors (Lipinski definition) is 10. The van der Waals surface area contributed by atoms with E-state index in [1.54, 1.807) is 0 Å². The molecule has 1 fully saturated rings. The van der Waals surface area contributed by atoms with E-state index >= 15 is 0 Å². The minimum absolute atomic E-state index is 0.268. The highest BCUT2D eigenvalue weighted by Gasteiger charge is 2.44. The van der Waals surface area contributed by atoms with E-state index in [9.17, 15) is 40.5 Å². The first-order valence-corrected chi connectivity index (χ1v) is 34.4. The van der Waals surface area contributed by atoms with Crippen LogP contribution < -0.4 is 5.32 Å². The molecule has 78 heavy (non-hydrogen) atoms. The molecule has 11 nitrogen and oxygen atoms in total. The van der Waals surface area contributed by atoms with Crippen LogP contribution in [0.15, 0.2) is 0 Å². The lowest BCUT2D eigenvalue weighted by atomic mass is 9.98. The van der Waals surface area contributed by atoms with Crippen molar-refractivity contribution in [1.29, 1.82) is 0 Å². The second-order valence-electron chi connectivity index (χ2n) is 24.6. The van der Waals surface area contributed by atoms with Gasteiger partial charge in [-0.1, -0.05) is 341 Å². The molecule has 1 heterocycles. The molecule has 9 unspecified atom stereocenters. The molecule has 0 spiro atoms. The summed E-state index contributed by atoms with van der Waals surface area (Å²) in [4.78, 5) is 13.2. The van der Waals surface area contributed by atoms with Gasteiger partial charge in [0.15, 0.2) is 6.29 Å². The van der Waals surface area contributed by atoms with E-state index in [1.165, 1.54) is 276 Å². The smallest absolute Gasteiger partial charge is 0.249 e. The summed E-state index contributed by atoms with van der Waals surface area (Å²) >= 11 is 0. The second kappa shape index (κ2) is 56.6. The molecule has 1 aliphatic heterocycles. The van der Waals surface area contributed by atoms with Crippen LogP contribution in [0, 0.1) is 0 Å². The molecule has 0 radical (unpaired) electrons. The molecule has 8 N–H and O–H groups in total. The Balaban J connectivity index is 2.20. The first kappa shape index (κ1) is 75.1. The summed E-state index contributed by atoms with van der Waals surface area (Å²) in [6.07, 6.45) is 56.0. The molecule has 466 valence electrons. The summed E-state index contributed by atoms with van der Waals surface area (Å²) < 4.78 is 11.2. The molecule has 0 aromatic carbocycles. The van der Waals surface area contributed by atoms with Crippen LogP contribution in [0.1, 0.15) is 354 Å².